The molecule has 0 aliphatic carbocycles. The average molecular weight is 385 g/mol. The van der Waals surface area contributed by atoms with E-state index in [1.807, 2.05) is 30.3 Å². The minimum atomic E-state index is -1.25. The Morgan fingerprint density at radius 3 is 2.50 bits per heavy atom. The highest BCUT2D eigenvalue weighted by atomic mass is 16.6. The van der Waals surface area contributed by atoms with Gasteiger partial charge in [-0.3, -0.25) is 4.90 Å². The van der Waals surface area contributed by atoms with Gasteiger partial charge in [0.1, 0.15) is 18.5 Å². The van der Waals surface area contributed by atoms with Crippen molar-refractivity contribution in [2.24, 2.45) is 0 Å². The molecule has 2 aromatic rings. The maximum Gasteiger partial charge on any atom is 0.412 e. The Morgan fingerprint density at radius 1 is 1.11 bits per heavy atom. The second-order valence-electron chi connectivity index (χ2n) is 6.46. The van der Waals surface area contributed by atoms with Crippen LogP contribution in [-0.4, -0.2) is 48.1 Å². The molecule has 2 unspecified atom stereocenters. The number of ether oxygens (including phenoxy) is 3. The molecule has 148 valence electrons. The molecule has 1 heterocycles. The van der Waals surface area contributed by atoms with Crippen LogP contribution in [0, 0.1) is 0 Å². The third kappa shape index (κ3) is 4.80. The lowest BCUT2D eigenvalue weighted by Crippen LogP contribution is -2.52. The largest absolute Gasteiger partial charge is 0.497 e. The van der Waals surface area contributed by atoms with Crippen LogP contribution in [-0.2, 0) is 16.1 Å². The van der Waals surface area contributed by atoms with E-state index in [-0.39, 0.29) is 6.61 Å². The lowest BCUT2D eigenvalue weighted by molar-refractivity contribution is -0.105. The molecule has 1 N–H and O–H groups in total. The number of aliphatic hydroxyl groups is 1. The summed E-state index contributed by atoms with van der Waals surface area (Å²) in [6, 6.07) is 15.8. The van der Waals surface area contributed by atoms with E-state index in [9.17, 15) is 14.7 Å². The fraction of sp³-hybridized carbons (Fsp3) is 0.333. The standard InChI is InChI=1S/C21H23NO6/c1-26-17-11-9-16(10-12-17)20(24)28-18-8-5-13-22(19(18)23)21(25)27-14-15-6-3-2-4-7-15/h2-4,6-7,9-12,18-19,23H,5,8,13-14H2,1H3. The zero-order valence-corrected chi connectivity index (χ0v) is 15.6. The van der Waals surface area contributed by atoms with Crippen LogP contribution >= 0.6 is 0 Å². The first-order valence-corrected chi connectivity index (χ1v) is 9.09. The summed E-state index contributed by atoms with van der Waals surface area (Å²) in [6.45, 7) is 0.449. The minimum Gasteiger partial charge on any atom is -0.497 e. The predicted molar refractivity (Wildman–Crippen MR) is 101 cm³/mol. The van der Waals surface area contributed by atoms with E-state index in [1.54, 1.807) is 24.3 Å². The van der Waals surface area contributed by atoms with Gasteiger partial charge in [-0.05, 0) is 42.7 Å². The second-order valence-corrected chi connectivity index (χ2v) is 6.46. The smallest absolute Gasteiger partial charge is 0.412 e. The van der Waals surface area contributed by atoms with Crippen molar-refractivity contribution in [3.05, 3.63) is 65.7 Å². The van der Waals surface area contributed by atoms with Gasteiger partial charge in [-0.15, -0.1) is 0 Å². The summed E-state index contributed by atoms with van der Waals surface area (Å²) >= 11 is 0. The molecule has 7 nitrogen and oxygen atoms in total. The number of nitrogens with zero attached hydrogens (tertiary/aromatic N) is 1. The Hall–Kier alpha value is -3.06. The van der Waals surface area contributed by atoms with Crippen LogP contribution in [0.4, 0.5) is 4.79 Å². The molecule has 0 bridgehead atoms. The molecule has 2 atom stereocenters. The summed E-state index contributed by atoms with van der Waals surface area (Å²) in [6.07, 6.45) is -1.64. The summed E-state index contributed by atoms with van der Waals surface area (Å²) in [5.74, 6) is 0.0628. The Balaban J connectivity index is 1.57. The molecule has 1 aliphatic rings. The number of likely N-dealkylation sites (tertiary alicyclic amines) is 1. The number of piperidine rings is 1. The van der Waals surface area contributed by atoms with Crippen LogP contribution in [0.5, 0.6) is 5.75 Å². The molecule has 1 amide bonds. The van der Waals surface area contributed by atoms with Crippen LogP contribution in [0.1, 0.15) is 28.8 Å². The molecule has 3 rings (SSSR count). The fourth-order valence-corrected chi connectivity index (χ4v) is 3.00. The summed E-state index contributed by atoms with van der Waals surface area (Å²) in [7, 11) is 1.54. The topological polar surface area (TPSA) is 85.3 Å². The van der Waals surface area contributed by atoms with Gasteiger partial charge in [0.25, 0.3) is 0 Å². The van der Waals surface area contributed by atoms with Gasteiger partial charge in [0, 0.05) is 6.54 Å². The van der Waals surface area contributed by atoms with Gasteiger partial charge >= 0.3 is 12.1 Å². The number of carbonyl (C=O) groups is 2. The third-order valence-corrected chi connectivity index (χ3v) is 4.56. The van der Waals surface area contributed by atoms with E-state index in [1.165, 1.54) is 12.0 Å². The minimum absolute atomic E-state index is 0.110. The number of aliphatic hydroxyl groups excluding tert-OH is 1. The van der Waals surface area contributed by atoms with E-state index < -0.39 is 24.4 Å². The molecule has 0 radical (unpaired) electrons. The van der Waals surface area contributed by atoms with Crippen molar-refractivity contribution in [2.75, 3.05) is 13.7 Å². The fourth-order valence-electron chi connectivity index (χ4n) is 3.00. The monoisotopic (exact) mass is 385 g/mol. The first kappa shape index (κ1) is 19.7. The lowest BCUT2D eigenvalue weighted by Gasteiger charge is -2.36. The number of amides is 1. The van der Waals surface area contributed by atoms with E-state index in [2.05, 4.69) is 0 Å². The van der Waals surface area contributed by atoms with Gasteiger partial charge in [-0.2, -0.15) is 0 Å². The maximum absolute atomic E-state index is 12.3. The van der Waals surface area contributed by atoms with Crippen LogP contribution in [0.15, 0.2) is 54.6 Å². The van der Waals surface area contributed by atoms with E-state index in [0.717, 1.165) is 5.56 Å². The first-order valence-electron chi connectivity index (χ1n) is 9.09. The van der Waals surface area contributed by atoms with Crippen molar-refractivity contribution in [3.63, 3.8) is 0 Å². The average Bonchev–Trinajstić information content (AvgIpc) is 2.74. The lowest BCUT2D eigenvalue weighted by atomic mass is 10.1. The van der Waals surface area contributed by atoms with Crippen molar-refractivity contribution in [1.82, 2.24) is 4.90 Å². The van der Waals surface area contributed by atoms with E-state index in [4.69, 9.17) is 14.2 Å². The molecule has 1 saturated heterocycles. The molecule has 28 heavy (non-hydrogen) atoms. The number of benzene rings is 2. The van der Waals surface area contributed by atoms with Crippen LogP contribution in [0.25, 0.3) is 0 Å². The van der Waals surface area contributed by atoms with Crippen molar-refractivity contribution < 1.29 is 28.9 Å². The highest BCUT2D eigenvalue weighted by Gasteiger charge is 2.36. The van der Waals surface area contributed by atoms with Gasteiger partial charge in [0.15, 0.2) is 6.23 Å². The summed E-state index contributed by atoms with van der Waals surface area (Å²) < 4.78 is 15.8. The molecule has 1 aliphatic heterocycles. The molecule has 1 fully saturated rings. The van der Waals surface area contributed by atoms with E-state index >= 15 is 0 Å². The van der Waals surface area contributed by atoms with Gasteiger partial charge in [-0.1, -0.05) is 30.3 Å². The number of esters is 1. The van der Waals surface area contributed by atoms with Crippen molar-refractivity contribution in [3.8, 4) is 5.75 Å². The Bertz CT molecular complexity index is 792. The molecule has 2 aromatic carbocycles. The van der Waals surface area contributed by atoms with Gasteiger partial charge < -0.3 is 19.3 Å². The van der Waals surface area contributed by atoms with Gasteiger partial charge in [-0.25, -0.2) is 9.59 Å². The number of hydrogen-bond donors (Lipinski definition) is 1. The predicted octanol–water partition coefficient (Wildman–Crippen LogP) is 2.97. The number of methoxy groups -OCH3 is 1. The Kier molecular flexibility index (Phi) is 6.49. The SMILES string of the molecule is COc1ccc(C(=O)OC2CCCN(C(=O)OCc3ccccc3)C2O)cc1. The molecule has 0 spiro atoms. The van der Waals surface area contributed by atoms with Gasteiger partial charge in [0.05, 0.1) is 12.7 Å². The van der Waals surface area contributed by atoms with E-state index in [0.29, 0.717) is 30.7 Å². The molecule has 7 heteroatoms. The molecule has 0 saturated carbocycles. The first-order chi connectivity index (χ1) is 13.6. The molecular formula is C21H23NO6. The number of rotatable bonds is 5. The molecule has 0 aromatic heterocycles. The zero-order chi connectivity index (χ0) is 19.9. The summed E-state index contributed by atoms with van der Waals surface area (Å²) in [4.78, 5) is 25.9. The van der Waals surface area contributed by atoms with Crippen molar-refractivity contribution >= 4 is 12.1 Å². The maximum atomic E-state index is 12.3. The summed E-state index contributed by atoms with van der Waals surface area (Å²) in [5, 5.41) is 10.5. The van der Waals surface area contributed by atoms with Crippen molar-refractivity contribution in [2.45, 2.75) is 31.8 Å². The summed E-state index contributed by atoms with van der Waals surface area (Å²) in [5.41, 5.74) is 1.20. The zero-order valence-electron chi connectivity index (χ0n) is 15.6. The number of carbonyl (C=O) groups excluding carboxylic acids is 2. The van der Waals surface area contributed by atoms with Crippen molar-refractivity contribution in [1.29, 1.82) is 0 Å². The number of hydrogen-bond acceptors (Lipinski definition) is 6. The van der Waals surface area contributed by atoms with Crippen LogP contribution in [0.3, 0.4) is 0 Å². The van der Waals surface area contributed by atoms with Gasteiger partial charge in [0.2, 0.25) is 0 Å². The second kappa shape index (κ2) is 9.23. The quantitative estimate of drug-likeness (QED) is 0.797. The Labute approximate surface area is 163 Å². The highest BCUT2D eigenvalue weighted by molar-refractivity contribution is 5.89. The highest BCUT2D eigenvalue weighted by Crippen LogP contribution is 2.22. The molecular weight excluding hydrogens is 362 g/mol. The van der Waals surface area contributed by atoms with Crippen LogP contribution < -0.4 is 4.74 Å². The van der Waals surface area contributed by atoms with Crippen LogP contribution in [0.2, 0.25) is 0 Å². The normalized spacial score (nSPS) is 19.0. The third-order valence-electron chi connectivity index (χ3n) is 4.56. The Morgan fingerprint density at radius 2 is 1.82 bits per heavy atom.